The van der Waals surface area contributed by atoms with Crippen LogP contribution in [0.5, 0.6) is 11.5 Å². The lowest BCUT2D eigenvalue weighted by Gasteiger charge is -2.13. The van der Waals surface area contributed by atoms with E-state index >= 15 is 0 Å². The van der Waals surface area contributed by atoms with Gasteiger partial charge >= 0.3 is 0 Å². The van der Waals surface area contributed by atoms with Gasteiger partial charge in [0.15, 0.2) is 0 Å². The van der Waals surface area contributed by atoms with Crippen LogP contribution >= 0.6 is 15.9 Å². The van der Waals surface area contributed by atoms with E-state index in [4.69, 9.17) is 9.47 Å². The summed E-state index contributed by atoms with van der Waals surface area (Å²) >= 11 is 3.35. The van der Waals surface area contributed by atoms with E-state index in [0.29, 0.717) is 23.6 Å². The summed E-state index contributed by atoms with van der Waals surface area (Å²) in [6.45, 7) is 2.57. The van der Waals surface area contributed by atoms with E-state index in [0.717, 1.165) is 17.3 Å². The minimum Gasteiger partial charge on any atom is -0.494 e. The Balaban J connectivity index is 2.27. The lowest BCUT2D eigenvalue weighted by atomic mass is 10.1. The Kier molecular flexibility index (Phi) is 6.97. The van der Waals surface area contributed by atoms with Crippen LogP contribution < -0.4 is 14.8 Å². The number of carbonyl (C=O) groups is 1. The van der Waals surface area contributed by atoms with Crippen LogP contribution in [0.3, 0.4) is 0 Å². The van der Waals surface area contributed by atoms with Gasteiger partial charge in [-0.05, 0) is 30.7 Å². The molecule has 2 aromatic rings. The van der Waals surface area contributed by atoms with Crippen LogP contribution in [0.4, 0.5) is 11.4 Å². The number of nitro benzene ring substituents is 1. The second-order valence-electron chi connectivity index (χ2n) is 5.44. The van der Waals surface area contributed by atoms with Crippen LogP contribution in [-0.4, -0.2) is 24.5 Å². The number of carbonyl (C=O) groups excluding carboxylic acids is 1. The van der Waals surface area contributed by atoms with E-state index in [9.17, 15) is 14.9 Å². The zero-order valence-corrected chi connectivity index (χ0v) is 16.0. The van der Waals surface area contributed by atoms with Gasteiger partial charge in [0.2, 0.25) is 0 Å². The molecule has 0 bridgehead atoms. The van der Waals surface area contributed by atoms with Crippen LogP contribution in [0, 0.1) is 10.1 Å². The second-order valence-corrected chi connectivity index (χ2v) is 6.35. The highest BCUT2D eigenvalue weighted by molar-refractivity contribution is 9.10. The normalized spacial score (nSPS) is 10.3. The van der Waals surface area contributed by atoms with Crippen molar-refractivity contribution in [1.29, 1.82) is 0 Å². The average molecular weight is 423 g/mol. The number of non-ortho nitro benzene ring substituents is 1. The first-order chi connectivity index (χ1) is 12.5. The van der Waals surface area contributed by atoms with Gasteiger partial charge in [-0.15, -0.1) is 0 Å². The molecule has 0 aliphatic carbocycles. The molecule has 1 N–H and O–H groups in total. The summed E-state index contributed by atoms with van der Waals surface area (Å²) in [4.78, 5) is 23.1. The molecule has 0 fully saturated rings. The molecule has 0 saturated heterocycles. The number of unbranched alkanes of at least 4 members (excludes halogenated alkanes) is 1. The van der Waals surface area contributed by atoms with E-state index in [1.54, 1.807) is 18.2 Å². The molecule has 0 spiro atoms. The van der Waals surface area contributed by atoms with Gasteiger partial charge in [-0.1, -0.05) is 29.3 Å². The molecule has 0 heterocycles. The Bertz CT molecular complexity index is 810. The van der Waals surface area contributed by atoms with Gasteiger partial charge in [0.1, 0.15) is 11.5 Å². The quantitative estimate of drug-likeness (QED) is 0.374. The van der Waals surface area contributed by atoms with Crippen molar-refractivity contribution in [2.45, 2.75) is 19.8 Å². The predicted octanol–water partition coefficient (Wildman–Crippen LogP) is 4.80. The molecular formula is C18H19BrN2O5. The number of rotatable bonds is 8. The largest absolute Gasteiger partial charge is 0.494 e. The van der Waals surface area contributed by atoms with Gasteiger partial charge in [0.25, 0.3) is 11.6 Å². The Hall–Kier alpha value is -2.61. The lowest BCUT2D eigenvalue weighted by Crippen LogP contribution is -2.15. The number of ether oxygens (including phenoxy) is 2. The number of halogens is 1. The van der Waals surface area contributed by atoms with Crippen molar-refractivity contribution in [2.75, 3.05) is 19.0 Å². The average Bonchev–Trinajstić information content (AvgIpc) is 2.63. The van der Waals surface area contributed by atoms with Gasteiger partial charge < -0.3 is 14.8 Å². The fraction of sp³-hybridized carbons (Fsp3) is 0.278. The first-order valence-electron chi connectivity index (χ1n) is 8.02. The molecule has 2 aromatic carbocycles. The number of benzene rings is 2. The molecule has 26 heavy (non-hydrogen) atoms. The summed E-state index contributed by atoms with van der Waals surface area (Å²) in [5.41, 5.74) is 0.573. The summed E-state index contributed by atoms with van der Waals surface area (Å²) < 4.78 is 11.6. The highest BCUT2D eigenvalue weighted by atomic mass is 79.9. The van der Waals surface area contributed by atoms with Crippen molar-refractivity contribution >= 4 is 33.2 Å². The monoisotopic (exact) mass is 422 g/mol. The Morgan fingerprint density at radius 2 is 2.00 bits per heavy atom. The number of anilines is 1. The van der Waals surface area contributed by atoms with Crippen LogP contribution in [0.25, 0.3) is 0 Å². The van der Waals surface area contributed by atoms with Crippen molar-refractivity contribution in [3.8, 4) is 11.5 Å². The molecule has 2 rings (SSSR count). The highest BCUT2D eigenvalue weighted by Crippen LogP contribution is 2.31. The molecule has 138 valence electrons. The molecule has 0 aliphatic rings. The number of nitrogens with zero attached hydrogens (tertiary/aromatic N) is 1. The molecule has 7 nitrogen and oxygen atoms in total. The summed E-state index contributed by atoms with van der Waals surface area (Å²) in [6.07, 6.45) is 1.87. The molecule has 0 aliphatic heterocycles. The summed E-state index contributed by atoms with van der Waals surface area (Å²) in [5, 5.41) is 13.6. The Labute approximate surface area is 159 Å². The van der Waals surface area contributed by atoms with Gasteiger partial charge in [-0.25, -0.2) is 0 Å². The van der Waals surface area contributed by atoms with Crippen molar-refractivity contribution in [3.05, 3.63) is 56.5 Å². The standard InChI is InChI=1S/C18H19BrN2O5/c1-3-4-9-26-16-8-5-12(19)10-14(16)18(22)20-15-7-6-13(21(23)24)11-17(15)25-2/h5-8,10-11H,3-4,9H2,1-2H3,(H,20,22). The SMILES string of the molecule is CCCCOc1ccc(Br)cc1C(=O)Nc1ccc([N+](=O)[O-])cc1OC. The minimum absolute atomic E-state index is 0.120. The van der Waals surface area contributed by atoms with Gasteiger partial charge in [-0.3, -0.25) is 14.9 Å². The molecular weight excluding hydrogens is 404 g/mol. The van der Waals surface area contributed by atoms with Crippen molar-refractivity contribution in [3.63, 3.8) is 0 Å². The maximum Gasteiger partial charge on any atom is 0.273 e. The highest BCUT2D eigenvalue weighted by Gasteiger charge is 2.17. The number of nitro groups is 1. The smallest absolute Gasteiger partial charge is 0.273 e. The number of amides is 1. The third-order valence-corrected chi connectivity index (χ3v) is 4.08. The molecule has 0 aromatic heterocycles. The first kappa shape index (κ1) is 19.7. The van der Waals surface area contributed by atoms with Gasteiger partial charge in [0, 0.05) is 10.5 Å². The van der Waals surface area contributed by atoms with E-state index in [1.165, 1.54) is 25.3 Å². The fourth-order valence-corrected chi connectivity index (χ4v) is 2.58. The summed E-state index contributed by atoms with van der Waals surface area (Å²) in [5.74, 6) is 0.279. The van der Waals surface area contributed by atoms with Crippen molar-refractivity contribution in [2.24, 2.45) is 0 Å². The zero-order valence-electron chi connectivity index (χ0n) is 14.5. The van der Waals surface area contributed by atoms with Crippen LogP contribution in [0.2, 0.25) is 0 Å². The van der Waals surface area contributed by atoms with Gasteiger partial charge in [0.05, 0.1) is 36.0 Å². The second kappa shape index (κ2) is 9.19. The van der Waals surface area contributed by atoms with E-state index in [-0.39, 0.29) is 11.4 Å². The first-order valence-corrected chi connectivity index (χ1v) is 8.81. The molecule has 0 radical (unpaired) electrons. The minimum atomic E-state index is -0.526. The third-order valence-electron chi connectivity index (χ3n) is 3.59. The lowest BCUT2D eigenvalue weighted by molar-refractivity contribution is -0.384. The molecule has 0 atom stereocenters. The number of hydrogen-bond acceptors (Lipinski definition) is 5. The third kappa shape index (κ3) is 4.95. The van der Waals surface area contributed by atoms with Crippen LogP contribution in [-0.2, 0) is 0 Å². The van der Waals surface area contributed by atoms with Crippen LogP contribution in [0.15, 0.2) is 40.9 Å². The van der Waals surface area contributed by atoms with E-state index < -0.39 is 10.8 Å². The molecule has 0 unspecified atom stereocenters. The van der Waals surface area contributed by atoms with E-state index in [1.807, 2.05) is 0 Å². The van der Waals surface area contributed by atoms with Gasteiger partial charge in [-0.2, -0.15) is 0 Å². The topological polar surface area (TPSA) is 90.7 Å². The molecule has 1 amide bonds. The van der Waals surface area contributed by atoms with Crippen molar-refractivity contribution < 1.29 is 19.2 Å². The van der Waals surface area contributed by atoms with Crippen LogP contribution in [0.1, 0.15) is 30.1 Å². The maximum absolute atomic E-state index is 12.7. The Morgan fingerprint density at radius 1 is 1.23 bits per heavy atom. The molecule has 8 heteroatoms. The summed E-state index contributed by atoms with van der Waals surface area (Å²) in [6, 6.07) is 9.18. The summed E-state index contributed by atoms with van der Waals surface area (Å²) in [7, 11) is 1.38. The fourth-order valence-electron chi connectivity index (χ4n) is 2.22. The number of methoxy groups -OCH3 is 1. The number of nitrogens with one attached hydrogen (secondary N) is 1. The van der Waals surface area contributed by atoms with E-state index in [2.05, 4.69) is 28.2 Å². The number of hydrogen-bond donors (Lipinski definition) is 1. The Morgan fingerprint density at radius 3 is 2.65 bits per heavy atom. The predicted molar refractivity (Wildman–Crippen MR) is 102 cm³/mol. The van der Waals surface area contributed by atoms with Crippen molar-refractivity contribution in [1.82, 2.24) is 0 Å². The molecule has 0 saturated carbocycles. The maximum atomic E-state index is 12.7. The zero-order chi connectivity index (χ0) is 19.1.